The number of rotatable bonds is 2. The molecule has 2 rings (SSSR count). The van der Waals surface area contributed by atoms with Crippen LogP contribution in [-0.4, -0.2) is 13.1 Å². The maximum Gasteiger partial charge on any atom is 0.0669 e. The first-order chi connectivity index (χ1) is 6.42. The minimum atomic E-state index is 0.534. The zero-order valence-corrected chi connectivity index (χ0v) is 7.46. The summed E-state index contributed by atoms with van der Waals surface area (Å²) in [5.74, 6) is 0.629. The van der Waals surface area contributed by atoms with Gasteiger partial charge in [0.1, 0.15) is 0 Å². The summed E-state index contributed by atoms with van der Waals surface area (Å²) in [7, 11) is 0. The fourth-order valence-electron chi connectivity index (χ4n) is 1.69. The predicted octanol–water partition coefficient (Wildman–Crippen LogP) is 1.44. The van der Waals surface area contributed by atoms with Crippen LogP contribution in [0.15, 0.2) is 24.3 Å². The van der Waals surface area contributed by atoms with E-state index in [1.165, 1.54) is 11.1 Å². The third kappa shape index (κ3) is 1.56. The van der Waals surface area contributed by atoms with Gasteiger partial charge in [-0.2, -0.15) is 5.26 Å². The lowest BCUT2D eigenvalue weighted by atomic mass is 9.89. The lowest BCUT2D eigenvalue weighted by molar-refractivity contribution is 0.446. The number of nitriles is 1. The average Bonchev–Trinajstić information content (AvgIpc) is 2.05. The van der Waals surface area contributed by atoms with Crippen molar-refractivity contribution >= 4 is 0 Å². The van der Waals surface area contributed by atoms with Gasteiger partial charge in [-0.25, -0.2) is 0 Å². The van der Waals surface area contributed by atoms with Gasteiger partial charge >= 0.3 is 0 Å². The van der Waals surface area contributed by atoms with E-state index in [-0.39, 0.29) is 0 Å². The van der Waals surface area contributed by atoms with Gasteiger partial charge in [0.2, 0.25) is 0 Å². The lowest BCUT2D eigenvalue weighted by Crippen LogP contribution is -2.40. The Morgan fingerprint density at radius 3 is 2.77 bits per heavy atom. The van der Waals surface area contributed by atoms with Gasteiger partial charge in [0.15, 0.2) is 0 Å². The summed E-state index contributed by atoms with van der Waals surface area (Å²) in [4.78, 5) is 0. The normalized spacial score (nSPS) is 16.2. The summed E-state index contributed by atoms with van der Waals surface area (Å²) in [6, 6.07) is 10.4. The summed E-state index contributed by atoms with van der Waals surface area (Å²) >= 11 is 0. The van der Waals surface area contributed by atoms with Crippen molar-refractivity contribution in [1.82, 2.24) is 5.32 Å². The standard InChI is InChI=1S/C11H12N2/c12-6-5-9-3-1-2-4-11(9)10-7-13-8-10/h1-4,10,13H,5,7-8H2. The lowest BCUT2D eigenvalue weighted by Gasteiger charge is -2.28. The van der Waals surface area contributed by atoms with E-state index in [1.807, 2.05) is 6.07 Å². The summed E-state index contributed by atoms with van der Waals surface area (Å²) in [5, 5.41) is 11.9. The summed E-state index contributed by atoms with van der Waals surface area (Å²) < 4.78 is 0. The third-order valence-electron chi connectivity index (χ3n) is 2.55. The van der Waals surface area contributed by atoms with Gasteiger partial charge in [0, 0.05) is 19.0 Å². The second-order valence-corrected chi connectivity index (χ2v) is 3.39. The molecule has 13 heavy (non-hydrogen) atoms. The first-order valence-corrected chi connectivity index (χ1v) is 4.57. The molecule has 2 nitrogen and oxygen atoms in total. The molecule has 1 aliphatic rings. The zero-order chi connectivity index (χ0) is 9.10. The van der Waals surface area contributed by atoms with E-state index in [0.29, 0.717) is 12.3 Å². The molecule has 1 heterocycles. The van der Waals surface area contributed by atoms with Gasteiger partial charge in [-0.05, 0) is 11.1 Å². The molecule has 0 atom stereocenters. The van der Waals surface area contributed by atoms with E-state index in [1.54, 1.807) is 0 Å². The van der Waals surface area contributed by atoms with Crippen LogP contribution in [0.4, 0.5) is 0 Å². The van der Waals surface area contributed by atoms with Crippen molar-refractivity contribution in [2.75, 3.05) is 13.1 Å². The molecule has 0 aliphatic carbocycles. The Hall–Kier alpha value is -1.33. The quantitative estimate of drug-likeness (QED) is 0.732. The van der Waals surface area contributed by atoms with Crippen molar-refractivity contribution in [1.29, 1.82) is 5.26 Å². The van der Waals surface area contributed by atoms with E-state index >= 15 is 0 Å². The number of benzene rings is 1. The highest BCUT2D eigenvalue weighted by molar-refractivity contribution is 5.34. The number of hydrogen-bond donors (Lipinski definition) is 1. The van der Waals surface area contributed by atoms with Crippen molar-refractivity contribution in [2.24, 2.45) is 0 Å². The molecule has 0 bridgehead atoms. The van der Waals surface area contributed by atoms with Crippen molar-refractivity contribution in [2.45, 2.75) is 12.3 Å². The molecule has 2 heteroatoms. The minimum Gasteiger partial charge on any atom is -0.315 e. The van der Waals surface area contributed by atoms with Gasteiger partial charge in [0.25, 0.3) is 0 Å². The van der Waals surface area contributed by atoms with Crippen LogP contribution in [-0.2, 0) is 6.42 Å². The molecule has 1 saturated heterocycles. The second kappa shape index (κ2) is 3.59. The van der Waals surface area contributed by atoms with Crippen molar-refractivity contribution in [3.05, 3.63) is 35.4 Å². The smallest absolute Gasteiger partial charge is 0.0669 e. The highest BCUT2D eigenvalue weighted by Crippen LogP contribution is 2.23. The molecular formula is C11H12N2. The van der Waals surface area contributed by atoms with E-state index < -0.39 is 0 Å². The van der Waals surface area contributed by atoms with Crippen LogP contribution >= 0.6 is 0 Å². The largest absolute Gasteiger partial charge is 0.315 e. The molecular weight excluding hydrogens is 160 g/mol. The van der Waals surface area contributed by atoms with Gasteiger partial charge in [-0.1, -0.05) is 24.3 Å². The second-order valence-electron chi connectivity index (χ2n) is 3.39. The predicted molar refractivity (Wildman–Crippen MR) is 51.4 cm³/mol. The van der Waals surface area contributed by atoms with Crippen molar-refractivity contribution < 1.29 is 0 Å². The van der Waals surface area contributed by atoms with E-state index in [2.05, 4.69) is 29.6 Å². The van der Waals surface area contributed by atoms with Crippen LogP contribution in [0.5, 0.6) is 0 Å². The van der Waals surface area contributed by atoms with Crippen LogP contribution in [0, 0.1) is 11.3 Å². The Balaban J connectivity index is 2.26. The summed E-state index contributed by atoms with van der Waals surface area (Å²) in [6.07, 6.45) is 0.534. The van der Waals surface area contributed by atoms with Gasteiger partial charge in [-0.15, -0.1) is 0 Å². The van der Waals surface area contributed by atoms with Crippen LogP contribution in [0.2, 0.25) is 0 Å². The van der Waals surface area contributed by atoms with Gasteiger partial charge in [-0.3, -0.25) is 0 Å². The number of hydrogen-bond acceptors (Lipinski definition) is 2. The fraction of sp³-hybridized carbons (Fsp3) is 0.364. The Kier molecular flexibility index (Phi) is 2.29. The first-order valence-electron chi connectivity index (χ1n) is 4.57. The molecule has 1 aromatic rings. The maximum absolute atomic E-state index is 8.65. The van der Waals surface area contributed by atoms with Crippen molar-refractivity contribution in [3.8, 4) is 6.07 Å². The van der Waals surface area contributed by atoms with Crippen LogP contribution in [0.1, 0.15) is 17.0 Å². The van der Waals surface area contributed by atoms with E-state index in [9.17, 15) is 0 Å². The zero-order valence-electron chi connectivity index (χ0n) is 7.46. The summed E-state index contributed by atoms with van der Waals surface area (Å²) in [6.45, 7) is 2.12. The molecule has 0 spiro atoms. The molecule has 0 amide bonds. The van der Waals surface area contributed by atoms with Gasteiger partial charge in [0.05, 0.1) is 12.5 Å². The SMILES string of the molecule is N#CCc1ccccc1C1CNC1. The Bertz CT molecular complexity index is 334. The fourth-order valence-corrected chi connectivity index (χ4v) is 1.69. The first kappa shape index (κ1) is 8.28. The molecule has 1 fully saturated rings. The highest BCUT2D eigenvalue weighted by Gasteiger charge is 2.20. The molecule has 66 valence electrons. The van der Waals surface area contributed by atoms with Crippen LogP contribution in [0.3, 0.4) is 0 Å². The number of nitrogens with one attached hydrogen (secondary N) is 1. The van der Waals surface area contributed by atoms with E-state index in [4.69, 9.17) is 5.26 Å². The van der Waals surface area contributed by atoms with E-state index in [0.717, 1.165) is 13.1 Å². The van der Waals surface area contributed by atoms with Crippen LogP contribution < -0.4 is 5.32 Å². The van der Waals surface area contributed by atoms with Crippen LogP contribution in [0.25, 0.3) is 0 Å². The van der Waals surface area contributed by atoms with Gasteiger partial charge < -0.3 is 5.32 Å². The molecule has 0 aromatic heterocycles. The molecule has 1 N–H and O–H groups in total. The molecule has 0 saturated carbocycles. The van der Waals surface area contributed by atoms with Crippen molar-refractivity contribution in [3.63, 3.8) is 0 Å². The average molecular weight is 172 g/mol. The molecule has 0 unspecified atom stereocenters. The topological polar surface area (TPSA) is 35.8 Å². The molecule has 1 aromatic carbocycles. The summed E-state index contributed by atoms with van der Waals surface area (Å²) in [5.41, 5.74) is 2.54. The Morgan fingerprint density at radius 1 is 1.38 bits per heavy atom. The maximum atomic E-state index is 8.65. The highest BCUT2D eigenvalue weighted by atomic mass is 14.9. The molecule has 0 radical (unpaired) electrons. The Labute approximate surface area is 78.2 Å². The Morgan fingerprint density at radius 2 is 2.15 bits per heavy atom. The number of nitrogens with zero attached hydrogens (tertiary/aromatic N) is 1. The molecule has 1 aliphatic heterocycles. The third-order valence-corrected chi connectivity index (χ3v) is 2.55. The monoisotopic (exact) mass is 172 g/mol. The minimum absolute atomic E-state index is 0.534.